The molecule has 2 aromatic rings. The van der Waals surface area contributed by atoms with Gasteiger partial charge >= 0.3 is 0 Å². The molecule has 0 saturated carbocycles. The molecule has 7 heteroatoms. The molecule has 24 heavy (non-hydrogen) atoms. The van der Waals surface area contributed by atoms with E-state index in [2.05, 4.69) is 5.32 Å². The first kappa shape index (κ1) is 18.6. The quantitative estimate of drug-likeness (QED) is 0.833. The van der Waals surface area contributed by atoms with Gasteiger partial charge in [0.05, 0.1) is 0 Å². The number of nitrogens with one attached hydrogen (secondary N) is 1. The molecule has 0 aliphatic rings. The molecular weight excluding hydrogens is 371 g/mol. The summed E-state index contributed by atoms with van der Waals surface area (Å²) >= 11 is 18.0. The van der Waals surface area contributed by atoms with Gasteiger partial charge in [0.1, 0.15) is 6.54 Å². The Kier molecular flexibility index (Phi) is 6.49. The van der Waals surface area contributed by atoms with E-state index < -0.39 is 0 Å². The second-order valence-electron chi connectivity index (χ2n) is 5.10. The maximum Gasteiger partial charge on any atom is 0.240 e. The standard InChI is InChI=1S/C17H15Cl3N2O2/c1-11(23)22(15-7-13(18)6-14(19)8-15)10-17(24)21-9-12-4-2-3-5-16(12)20/h2-8H,9-10H2,1H3,(H,21,24). The summed E-state index contributed by atoms with van der Waals surface area (Å²) in [5.74, 6) is -0.609. The number of carbonyl (C=O) groups excluding carboxylic acids is 2. The second kappa shape index (κ2) is 8.38. The first-order valence-electron chi connectivity index (χ1n) is 7.11. The van der Waals surface area contributed by atoms with Gasteiger partial charge < -0.3 is 10.2 Å². The third-order valence-corrected chi connectivity index (χ3v) is 4.08. The van der Waals surface area contributed by atoms with Crippen molar-refractivity contribution in [3.8, 4) is 0 Å². The summed E-state index contributed by atoms with van der Waals surface area (Å²) in [5.41, 5.74) is 1.26. The molecule has 2 rings (SSSR count). The van der Waals surface area contributed by atoms with Crippen molar-refractivity contribution in [2.24, 2.45) is 0 Å². The summed E-state index contributed by atoms with van der Waals surface area (Å²) in [6.07, 6.45) is 0. The molecule has 0 unspecified atom stereocenters. The molecule has 4 nitrogen and oxygen atoms in total. The summed E-state index contributed by atoms with van der Waals surface area (Å²) < 4.78 is 0. The van der Waals surface area contributed by atoms with Gasteiger partial charge in [0, 0.05) is 34.2 Å². The summed E-state index contributed by atoms with van der Waals surface area (Å²) in [5, 5.41) is 4.09. The Bertz CT molecular complexity index is 745. The van der Waals surface area contributed by atoms with Crippen LogP contribution in [0.25, 0.3) is 0 Å². The number of benzene rings is 2. The fourth-order valence-corrected chi connectivity index (χ4v) is 2.83. The molecule has 2 aromatic carbocycles. The van der Waals surface area contributed by atoms with Crippen molar-refractivity contribution in [1.29, 1.82) is 0 Å². The molecule has 0 saturated heterocycles. The predicted octanol–water partition coefficient (Wildman–Crippen LogP) is 4.32. The van der Waals surface area contributed by atoms with Gasteiger partial charge in [-0.25, -0.2) is 0 Å². The number of halogens is 3. The summed E-state index contributed by atoms with van der Waals surface area (Å²) in [4.78, 5) is 25.3. The van der Waals surface area contributed by atoms with E-state index in [1.807, 2.05) is 18.2 Å². The molecule has 2 amide bonds. The van der Waals surface area contributed by atoms with E-state index in [0.717, 1.165) is 5.56 Å². The molecule has 0 heterocycles. The van der Waals surface area contributed by atoms with E-state index in [0.29, 0.717) is 20.8 Å². The minimum atomic E-state index is -0.318. The van der Waals surface area contributed by atoms with E-state index in [9.17, 15) is 9.59 Å². The van der Waals surface area contributed by atoms with Crippen LogP contribution in [-0.2, 0) is 16.1 Å². The Morgan fingerprint density at radius 3 is 2.25 bits per heavy atom. The smallest absolute Gasteiger partial charge is 0.240 e. The van der Waals surface area contributed by atoms with Crippen LogP contribution >= 0.6 is 34.8 Å². The average molecular weight is 386 g/mol. The Morgan fingerprint density at radius 1 is 1.04 bits per heavy atom. The number of carbonyl (C=O) groups is 2. The van der Waals surface area contributed by atoms with Crippen LogP contribution < -0.4 is 10.2 Å². The van der Waals surface area contributed by atoms with Gasteiger partial charge in [0.15, 0.2) is 0 Å². The lowest BCUT2D eigenvalue weighted by Gasteiger charge is -2.21. The van der Waals surface area contributed by atoms with Crippen molar-refractivity contribution in [1.82, 2.24) is 5.32 Å². The molecule has 0 radical (unpaired) electrons. The van der Waals surface area contributed by atoms with Crippen molar-refractivity contribution in [3.05, 3.63) is 63.1 Å². The lowest BCUT2D eigenvalue weighted by Crippen LogP contribution is -2.39. The molecular formula is C17H15Cl3N2O2. The number of nitrogens with zero attached hydrogens (tertiary/aromatic N) is 1. The van der Waals surface area contributed by atoms with Crippen molar-refractivity contribution in [3.63, 3.8) is 0 Å². The SMILES string of the molecule is CC(=O)N(CC(=O)NCc1ccccc1Cl)c1cc(Cl)cc(Cl)c1. The Balaban J connectivity index is 2.06. The van der Waals surface area contributed by atoms with E-state index in [1.165, 1.54) is 11.8 Å². The Hall–Kier alpha value is -1.75. The van der Waals surface area contributed by atoms with Crippen LogP contribution in [0.3, 0.4) is 0 Å². The van der Waals surface area contributed by atoms with Crippen molar-refractivity contribution in [2.45, 2.75) is 13.5 Å². The maximum atomic E-state index is 12.2. The van der Waals surface area contributed by atoms with Crippen molar-refractivity contribution in [2.75, 3.05) is 11.4 Å². The summed E-state index contributed by atoms with van der Waals surface area (Å²) in [6, 6.07) is 11.9. The third-order valence-electron chi connectivity index (χ3n) is 3.27. The van der Waals surface area contributed by atoms with E-state index in [-0.39, 0.29) is 24.9 Å². The first-order valence-corrected chi connectivity index (χ1v) is 8.24. The zero-order valence-electron chi connectivity index (χ0n) is 12.9. The Labute approximate surface area is 155 Å². The number of amides is 2. The third kappa shape index (κ3) is 5.13. The molecule has 0 aliphatic heterocycles. The molecule has 0 bridgehead atoms. The lowest BCUT2D eigenvalue weighted by atomic mass is 10.2. The fraction of sp³-hybridized carbons (Fsp3) is 0.176. The summed E-state index contributed by atoms with van der Waals surface area (Å²) in [7, 11) is 0. The zero-order valence-corrected chi connectivity index (χ0v) is 15.1. The molecule has 0 fully saturated rings. The van der Waals surface area contributed by atoms with Gasteiger partial charge in [-0.15, -0.1) is 0 Å². The van der Waals surface area contributed by atoms with Crippen molar-refractivity contribution < 1.29 is 9.59 Å². The fourth-order valence-electron chi connectivity index (χ4n) is 2.11. The van der Waals surface area contributed by atoms with Gasteiger partial charge in [0.2, 0.25) is 11.8 Å². The maximum absolute atomic E-state index is 12.2. The number of anilines is 1. The van der Waals surface area contributed by atoms with Gasteiger partial charge in [-0.3, -0.25) is 9.59 Å². The van der Waals surface area contributed by atoms with Crippen LogP contribution in [0.4, 0.5) is 5.69 Å². The molecule has 0 atom stereocenters. The number of hydrogen-bond acceptors (Lipinski definition) is 2. The van der Waals surface area contributed by atoms with Crippen LogP contribution in [0.2, 0.25) is 15.1 Å². The van der Waals surface area contributed by atoms with Crippen LogP contribution in [0.5, 0.6) is 0 Å². The minimum absolute atomic E-state index is 0.142. The van der Waals surface area contributed by atoms with Gasteiger partial charge in [-0.1, -0.05) is 53.0 Å². The van der Waals surface area contributed by atoms with Crippen LogP contribution in [0.1, 0.15) is 12.5 Å². The Morgan fingerprint density at radius 2 is 1.67 bits per heavy atom. The van der Waals surface area contributed by atoms with Gasteiger partial charge in [0.25, 0.3) is 0 Å². The van der Waals surface area contributed by atoms with Gasteiger partial charge in [-0.2, -0.15) is 0 Å². The van der Waals surface area contributed by atoms with E-state index in [4.69, 9.17) is 34.8 Å². The normalized spacial score (nSPS) is 10.3. The van der Waals surface area contributed by atoms with E-state index in [1.54, 1.807) is 24.3 Å². The van der Waals surface area contributed by atoms with Crippen LogP contribution in [-0.4, -0.2) is 18.4 Å². The molecule has 126 valence electrons. The monoisotopic (exact) mass is 384 g/mol. The van der Waals surface area contributed by atoms with Crippen molar-refractivity contribution >= 4 is 52.3 Å². The average Bonchev–Trinajstić information content (AvgIpc) is 2.50. The summed E-state index contributed by atoms with van der Waals surface area (Å²) in [6.45, 7) is 1.51. The van der Waals surface area contributed by atoms with Crippen LogP contribution in [0, 0.1) is 0 Å². The van der Waals surface area contributed by atoms with Crippen LogP contribution in [0.15, 0.2) is 42.5 Å². The lowest BCUT2D eigenvalue weighted by molar-refractivity contribution is -0.123. The molecule has 0 aromatic heterocycles. The highest BCUT2D eigenvalue weighted by molar-refractivity contribution is 6.35. The minimum Gasteiger partial charge on any atom is -0.350 e. The highest BCUT2D eigenvalue weighted by Crippen LogP contribution is 2.25. The molecule has 0 aliphatic carbocycles. The zero-order chi connectivity index (χ0) is 17.7. The first-order chi connectivity index (χ1) is 11.4. The largest absolute Gasteiger partial charge is 0.350 e. The second-order valence-corrected chi connectivity index (χ2v) is 6.38. The highest BCUT2D eigenvalue weighted by atomic mass is 35.5. The molecule has 0 spiro atoms. The number of hydrogen-bond donors (Lipinski definition) is 1. The predicted molar refractivity (Wildman–Crippen MR) is 97.8 cm³/mol. The van der Waals surface area contributed by atoms with E-state index >= 15 is 0 Å². The topological polar surface area (TPSA) is 49.4 Å². The number of rotatable bonds is 5. The highest BCUT2D eigenvalue weighted by Gasteiger charge is 2.17. The molecule has 1 N–H and O–H groups in total. The van der Waals surface area contributed by atoms with Gasteiger partial charge in [-0.05, 0) is 29.8 Å².